The van der Waals surface area contributed by atoms with Crippen LogP contribution in [-0.4, -0.2) is 19.0 Å². The number of carbonyl (C=O) groups excluding carboxylic acids is 1. The average Bonchev–Trinajstić information content (AvgIpc) is 2.56. The second-order valence-corrected chi connectivity index (χ2v) is 5.50. The summed E-state index contributed by atoms with van der Waals surface area (Å²) in [5, 5.41) is 0. The van der Waals surface area contributed by atoms with E-state index in [1.807, 2.05) is 0 Å². The molecular weight excluding hydrogens is 188 g/mol. The third-order valence-electron chi connectivity index (χ3n) is 4.88. The fraction of sp³-hybridized carbons (Fsp3) is 0.923. The molecule has 0 aliphatic heterocycles. The molecule has 0 N–H and O–H groups in total. The summed E-state index contributed by atoms with van der Waals surface area (Å²) in [6, 6.07) is 0. The van der Waals surface area contributed by atoms with Crippen molar-refractivity contribution in [2.24, 2.45) is 17.3 Å². The molecule has 0 spiro atoms. The van der Waals surface area contributed by atoms with Crippen molar-refractivity contribution >= 4 is 5.78 Å². The number of Topliss-reactive ketones (excluding diaryl/α,β-unsaturated/α-hetero) is 1. The van der Waals surface area contributed by atoms with E-state index in [4.69, 9.17) is 4.74 Å². The third kappa shape index (κ3) is 1.63. The zero-order valence-corrected chi connectivity index (χ0v) is 10.1. The van der Waals surface area contributed by atoms with Crippen LogP contribution in [0.1, 0.15) is 46.0 Å². The maximum absolute atomic E-state index is 11.9. The third-order valence-corrected chi connectivity index (χ3v) is 4.88. The average molecular weight is 210 g/mol. The SMILES string of the molecule is CO[C@@H](C)C1CCC2C(=O)CCC[C@@]21C. The molecule has 0 heterocycles. The summed E-state index contributed by atoms with van der Waals surface area (Å²) >= 11 is 0. The van der Waals surface area contributed by atoms with Gasteiger partial charge in [-0.2, -0.15) is 0 Å². The van der Waals surface area contributed by atoms with Gasteiger partial charge in [0, 0.05) is 19.4 Å². The normalized spacial score (nSPS) is 42.7. The van der Waals surface area contributed by atoms with Crippen molar-refractivity contribution in [3.8, 4) is 0 Å². The van der Waals surface area contributed by atoms with Gasteiger partial charge in [0.25, 0.3) is 0 Å². The minimum atomic E-state index is 0.227. The second kappa shape index (κ2) is 3.89. The topological polar surface area (TPSA) is 26.3 Å². The van der Waals surface area contributed by atoms with Crippen LogP contribution in [0.3, 0.4) is 0 Å². The van der Waals surface area contributed by atoms with Crippen LogP contribution in [0, 0.1) is 17.3 Å². The van der Waals surface area contributed by atoms with Crippen LogP contribution in [0.2, 0.25) is 0 Å². The Hall–Kier alpha value is -0.370. The number of ether oxygens (including phenoxy) is 1. The Kier molecular flexibility index (Phi) is 2.89. The molecule has 15 heavy (non-hydrogen) atoms. The molecule has 4 atom stereocenters. The fourth-order valence-electron chi connectivity index (χ4n) is 3.91. The van der Waals surface area contributed by atoms with Gasteiger partial charge >= 0.3 is 0 Å². The lowest BCUT2D eigenvalue weighted by Gasteiger charge is -2.41. The summed E-state index contributed by atoms with van der Waals surface area (Å²) in [6.07, 6.45) is 5.66. The Balaban J connectivity index is 2.21. The Morgan fingerprint density at radius 2 is 2.20 bits per heavy atom. The summed E-state index contributed by atoms with van der Waals surface area (Å²) in [5.74, 6) is 1.42. The van der Waals surface area contributed by atoms with E-state index in [0.717, 1.165) is 19.3 Å². The monoisotopic (exact) mass is 210 g/mol. The molecule has 2 heteroatoms. The minimum absolute atomic E-state index is 0.227. The lowest BCUT2D eigenvalue weighted by molar-refractivity contribution is -0.130. The van der Waals surface area contributed by atoms with Crippen LogP contribution in [0.4, 0.5) is 0 Å². The van der Waals surface area contributed by atoms with E-state index in [2.05, 4.69) is 13.8 Å². The van der Waals surface area contributed by atoms with Gasteiger partial charge in [-0.1, -0.05) is 6.92 Å². The number of hydrogen-bond acceptors (Lipinski definition) is 2. The Morgan fingerprint density at radius 3 is 2.87 bits per heavy atom. The van der Waals surface area contributed by atoms with Crippen LogP contribution >= 0.6 is 0 Å². The predicted octanol–water partition coefficient (Wildman–Crippen LogP) is 2.81. The van der Waals surface area contributed by atoms with Crippen molar-refractivity contribution in [2.75, 3.05) is 7.11 Å². The summed E-state index contributed by atoms with van der Waals surface area (Å²) in [5.41, 5.74) is 0.227. The van der Waals surface area contributed by atoms with Crippen LogP contribution in [-0.2, 0) is 9.53 Å². The lowest BCUT2D eigenvalue weighted by atomic mass is 9.64. The van der Waals surface area contributed by atoms with Gasteiger partial charge in [0.15, 0.2) is 0 Å². The Bertz CT molecular complexity index is 261. The molecule has 86 valence electrons. The summed E-state index contributed by atoms with van der Waals surface area (Å²) < 4.78 is 5.47. The van der Waals surface area contributed by atoms with Gasteiger partial charge in [-0.25, -0.2) is 0 Å². The molecule has 2 saturated carbocycles. The number of ketones is 1. The zero-order valence-electron chi connectivity index (χ0n) is 10.1. The van der Waals surface area contributed by atoms with Gasteiger partial charge < -0.3 is 4.74 Å². The van der Waals surface area contributed by atoms with Gasteiger partial charge in [0.1, 0.15) is 5.78 Å². The molecule has 2 rings (SSSR count). The number of fused-ring (bicyclic) bond motifs is 1. The Morgan fingerprint density at radius 1 is 1.47 bits per heavy atom. The fourth-order valence-corrected chi connectivity index (χ4v) is 3.91. The summed E-state index contributed by atoms with van der Waals surface area (Å²) in [7, 11) is 1.78. The van der Waals surface area contributed by atoms with Crippen molar-refractivity contribution in [2.45, 2.75) is 52.1 Å². The van der Waals surface area contributed by atoms with Crippen molar-refractivity contribution in [3.63, 3.8) is 0 Å². The molecule has 2 fully saturated rings. The van der Waals surface area contributed by atoms with Crippen LogP contribution in [0.25, 0.3) is 0 Å². The number of carbonyl (C=O) groups is 1. The molecule has 2 unspecified atom stereocenters. The molecule has 2 aliphatic carbocycles. The first-order valence-electron chi connectivity index (χ1n) is 6.15. The first-order valence-corrected chi connectivity index (χ1v) is 6.15. The van der Waals surface area contributed by atoms with E-state index in [0.29, 0.717) is 23.7 Å². The number of rotatable bonds is 2. The van der Waals surface area contributed by atoms with Gasteiger partial charge in [0.2, 0.25) is 0 Å². The molecule has 0 aromatic carbocycles. The first kappa shape index (κ1) is 11.1. The Labute approximate surface area is 92.4 Å². The summed E-state index contributed by atoms with van der Waals surface area (Å²) in [6.45, 7) is 4.46. The first-order chi connectivity index (χ1) is 7.09. The van der Waals surface area contributed by atoms with E-state index in [1.165, 1.54) is 12.8 Å². The number of methoxy groups -OCH3 is 1. The van der Waals surface area contributed by atoms with E-state index < -0.39 is 0 Å². The zero-order chi connectivity index (χ0) is 11.1. The van der Waals surface area contributed by atoms with E-state index in [9.17, 15) is 4.79 Å². The molecule has 0 bridgehead atoms. The van der Waals surface area contributed by atoms with Crippen LogP contribution in [0.15, 0.2) is 0 Å². The standard InChI is InChI=1S/C13H22O2/c1-9(15-3)10-6-7-11-12(14)5-4-8-13(10,11)2/h9-11H,4-8H2,1-3H3/t9-,10?,11?,13+/m0/s1. The van der Waals surface area contributed by atoms with Crippen LogP contribution in [0.5, 0.6) is 0 Å². The number of hydrogen-bond donors (Lipinski definition) is 0. The largest absolute Gasteiger partial charge is 0.381 e. The highest BCUT2D eigenvalue weighted by Gasteiger charge is 2.52. The highest BCUT2D eigenvalue weighted by atomic mass is 16.5. The molecule has 0 aromatic heterocycles. The van der Waals surface area contributed by atoms with Gasteiger partial charge in [-0.3, -0.25) is 4.79 Å². The molecule has 0 aromatic rings. The smallest absolute Gasteiger partial charge is 0.136 e. The maximum atomic E-state index is 11.9. The van der Waals surface area contributed by atoms with E-state index in [-0.39, 0.29) is 5.41 Å². The van der Waals surface area contributed by atoms with Crippen molar-refractivity contribution in [1.29, 1.82) is 0 Å². The maximum Gasteiger partial charge on any atom is 0.136 e. The van der Waals surface area contributed by atoms with Gasteiger partial charge in [-0.05, 0) is 43.9 Å². The lowest BCUT2D eigenvalue weighted by Crippen LogP contribution is -2.41. The van der Waals surface area contributed by atoms with Crippen molar-refractivity contribution in [3.05, 3.63) is 0 Å². The van der Waals surface area contributed by atoms with Crippen molar-refractivity contribution < 1.29 is 9.53 Å². The highest BCUT2D eigenvalue weighted by Crippen LogP contribution is 2.55. The molecule has 2 aliphatic rings. The second-order valence-electron chi connectivity index (χ2n) is 5.50. The highest BCUT2D eigenvalue weighted by molar-refractivity contribution is 5.83. The predicted molar refractivity (Wildman–Crippen MR) is 59.7 cm³/mol. The minimum Gasteiger partial charge on any atom is -0.381 e. The molecular formula is C13H22O2. The van der Waals surface area contributed by atoms with Crippen molar-refractivity contribution in [1.82, 2.24) is 0 Å². The molecule has 0 amide bonds. The molecule has 2 nitrogen and oxygen atoms in total. The van der Waals surface area contributed by atoms with E-state index in [1.54, 1.807) is 7.11 Å². The van der Waals surface area contributed by atoms with Gasteiger partial charge in [0.05, 0.1) is 6.10 Å². The van der Waals surface area contributed by atoms with Gasteiger partial charge in [-0.15, -0.1) is 0 Å². The quantitative estimate of drug-likeness (QED) is 0.700. The molecule has 0 radical (unpaired) electrons. The van der Waals surface area contributed by atoms with E-state index >= 15 is 0 Å². The summed E-state index contributed by atoms with van der Waals surface area (Å²) in [4.78, 5) is 11.9. The molecule has 0 saturated heterocycles. The van der Waals surface area contributed by atoms with Crippen LogP contribution < -0.4 is 0 Å².